The molecule has 0 bridgehead atoms. The van der Waals surface area contributed by atoms with Crippen LogP contribution in [0.15, 0.2) is 47.4 Å². The van der Waals surface area contributed by atoms with Gasteiger partial charge in [0.2, 0.25) is 5.91 Å². The van der Waals surface area contributed by atoms with Crippen molar-refractivity contribution >= 4 is 23.4 Å². The highest BCUT2D eigenvalue weighted by Gasteiger charge is 2.16. The van der Waals surface area contributed by atoms with Gasteiger partial charge in [-0.25, -0.2) is 0 Å². The molecule has 0 atom stereocenters. The Kier molecular flexibility index (Phi) is 7.93. The van der Waals surface area contributed by atoms with Gasteiger partial charge in [0.15, 0.2) is 0 Å². The molecule has 1 N–H and O–H groups in total. The van der Waals surface area contributed by atoms with Crippen molar-refractivity contribution < 1.29 is 4.79 Å². The molecule has 2 aromatic carbocycles. The Hall–Kier alpha value is -1.78. The highest BCUT2D eigenvalue weighted by Crippen LogP contribution is 2.32. The quantitative estimate of drug-likeness (QED) is 0.590. The van der Waals surface area contributed by atoms with Gasteiger partial charge >= 0.3 is 0 Å². The topological polar surface area (TPSA) is 32.3 Å². The summed E-state index contributed by atoms with van der Waals surface area (Å²) in [5.74, 6) is 0.770. The van der Waals surface area contributed by atoms with E-state index in [0.29, 0.717) is 18.4 Å². The van der Waals surface area contributed by atoms with E-state index < -0.39 is 0 Å². The molecule has 0 fully saturated rings. The number of carbonyl (C=O) groups excluding carboxylic acids is 1. The SMILES string of the molecule is CSc1ccc(CN(C)CC(=O)Nc2c(C(C)C)cccc2C(C)C)cc1. The van der Waals surface area contributed by atoms with Crippen LogP contribution in [0.25, 0.3) is 0 Å². The molecule has 0 saturated carbocycles. The lowest BCUT2D eigenvalue weighted by atomic mass is 9.92. The van der Waals surface area contributed by atoms with E-state index in [0.717, 1.165) is 12.2 Å². The summed E-state index contributed by atoms with van der Waals surface area (Å²) in [5.41, 5.74) is 4.61. The Morgan fingerprint density at radius 1 is 1.00 bits per heavy atom. The number of anilines is 1. The Balaban J connectivity index is 2.06. The average Bonchev–Trinajstić information content (AvgIpc) is 2.61. The molecule has 27 heavy (non-hydrogen) atoms. The summed E-state index contributed by atoms with van der Waals surface area (Å²) >= 11 is 1.74. The third kappa shape index (κ3) is 6.12. The molecule has 0 aliphatic carbocycles. The standard InChI is InChI=1S/C23H32N2OS/c1-16(2)20-8-7-9-21(17(3)4)23(20)24-22(26)15-25(5)14-18-10-12-19(27-6)13-11-18/h7-13,16-17H,14-15H2,1-6H3,(H,24,26). The first kappa shape index (κ1) is 21.5. The monoisotopic (exact) mass is 384 g/mol. The summed E-state index contributed by atoms with van der Waals surface area (Å²) in [7, 11) is 1.99. The number of nitrogens with zero attached hydrogens (tertiary/aromatic N) is 1. The Morgan fingerprint density at radius 3 is 2.04 bits per heavy atom. The fourth-order valence-electron chi connectivity index (χ4n) is 3.22. The molecule has 4 heteroatoms. The van der Waals surface area contributed by atoms with Gasteiger partial charge in [-0.2, -0.15) is 0 Å². The molecule has 0 heterocycles. The minimum atomic E-state index is 0.0354. The first-order valence-electron chi connectivity index (χ1n) is 9.56. The Morgan fingerprint density at radius 2 is 1.56 bits per heavy atom. The molecule has 0 aliphatic heterocycles. The summed E-state index contributed by atoms with van der Waals surface area (Å²) in [6.07, 6.45) is 2.08. The van der Waals surface area contributed by atoms with Crippen LogP contribution < -0.4 is 5.32 Å². The average molecular weight is 385 g/mol. The molecule has 0 radical (unpaired) electrons. The van der Waals surface area contributed by atoms with Gasteiger partial charge in [0, 0.05) is 17.1 Å². The van der Waals surface area contributed by atoms with Crippen LogP contribution in [0.2, 0.25) is 0 Å². The predicted molar refractivity (Wildman–Crippen MR) is 118 cm³/mol. The zero-order valence-corrected chi connectivity index (χ0v) is 18.2. The first-order chi connectivity index (χ1) is 12.8. The van der Waals surface area contributed by atoms with Gasteiger partial charge in [0.1, 0.15) is 0 Å². The van der Waals surface area contributed by atoms with Gasteiger partial charge in [0.05, 0.1) is 6.54 Å². The summed E-state index contributed by atoms with van der Waals surface area (Å²) in [6.45, 7) is 9.79. The lowest BCUT2D eigenvalue weighted by Crippen LogP contribution is -2.30. The fourth-order valence-corrected chi connectivity index (χ4v) is 3.63. The number of hydrogen-bond donors (Lipinski definition) is 1. The molecule has 2 rings (SSSR count). The van der Waals surface area contributed by atoms with Crippen LogP contribution in [-0.4, -0.2) is 30.7 Å². The maximum atomic E-state index is 12.7. The lowest BCUT2D eigenvalue weighted by molar-refractivity contribution is -0.117. The summed E-state index contributed by atoms with van der Waals surface area (Å²) in [6, 6.07) is 14.8. The van der Waals surface area contributed by atoms with Crippen LogP contribution in [0.4, 0.5) is 5.69 Å². The number of amides is 1. The minimum Gasteiger partial charge on any atom is -0.324 e. The molecule has 0 spiro atoms. The molecule has 0 saturated heterocycles. The lowest BCUT2D eigenvalue weighted by Gasteiger charge is -2.22. The van der Waals surface area contributed by atoms with Crippen molar-refractivity contribution in [3.8, 4) is 0 Å². The van der Waals surface area contributed by atoms with Crippen molar-refractivity contribution in [3.05, 3.63) is 59.2 Å². The van der Waals surface area contributed by atoms with E-state index in [2.05, 4.69) is 86.6 Å². The van der Waals surface area contributed by atoms with Crippen LogP contribution in [0.1, 0.15) is 56.2 Å². The van der Waals surface area contributed by atoms with Gasteiger partial charge in [0.25, 0.3) is 0 Å². The molecule has 146 valence electrons. The fraction of sp³-hybridized carbons (Fsp3) is 0.435. The van der Waals surface area contributed by atoms with E-state index in [-0.39, 0.29) is 5.91 Å². The van der Waals surface area contributed by atoms with E-state index in [9.17, 15) is 4.79 Å². The summed E-state index contributed by atoms with van der Waals surface area (Å²) < 4.78 is 0. The predicted octanol–water partition coefficient (Wildman–Crippen LogP) is 5.73. The van der Waals surface area contributed by atoms with Crippen LogP contribution in [0, 0.1) is 0 Å². The van der Waals surface area contributed by atoms with Crippen molar-refractivity contribution in [2.75, 3.05) is 25.2 Å². The minimum absolute atomic E-state index is 0.0354. The number of benzene rings is 2. The second-order valence-electron chi connectivity index (χ2n) is 7.69. The number of thioether (sulfide) groups is 1. The van der Waals surface area contributed by atoms with Crippen molar-refractivity contribution in [1.82, 2.24) is 4.90 Å². The van der Waals surface area contributed by atoms with E-state index >= 15 is 0 Å². The summed E-state index contributed by atoms with van der Waals surface area (Å²) in [4.78, 5) is 16.0. The maximum absolute atomic E-state index is 12.7. The highest BCUT2D eigenvalue weighted by molar-refractivity contribution is 7.98. The van der Waals surface area contributed by atoms with Crippen LogP contribution in [-0.2, 0) is 11.3 Å². The number of likely N-dealkylation sites (N-methyl/N-ethyl adjacent to an activating group) is 1. The zero-order chi connectivity index (χ0) is 20.0. The van der Waals surface area contributed by atoms with Crippen molar-refractivity contribution in [3.63, 3.8) is 0 Å². The third-order valence-electron chi connectivity index (χ3n) is 4.66. The van der Waals surface area contributed by atoms with E-state index in [1.165, 1.54) is 21.6 Å². The Bertz CT molecular complexity index is 727. The number of carbonyl (C=O) groups is 1. The molecule has 1 amide bonds. The number of hydrogen-bond acceptors (Lipinski definition) is 3. The third-order valence-corrected chi connectivity index (χ3v) is 5.41. The first-order valence-corrected chi connectivity index (χ1v) is 10.8. The van der Waals surface area contributed by atoms with Gasteiger partial charge < -0.3 is 5.32 Å². The van der Waals surface area contributed by atoms with Crippen LogP contribution in [0.5, 0.6) is 0 Å². The largest absolute Gasteiger partial charge is 0.324 e. The Labute approximate surface area is 168 Å². The molecular formula is C23H32N2OS. The van der Waals surface area contributed by atoms with E-state index in [1.54, 1.807) is 11.8 Å². The van der Waals surface area contributed by atoms with Crippen LogP contribution >= 0.6 is 11.8 Å². The van der Waals surface area contributed by atoms with Gasteiger partial charge in [-0.3, -0.25) is 9.69 Å². The summed E-state index contributed by atoms with van der Waals surface area (Å²) in [5, 5.41) is 3.19. The van der Waals surface area contributed by atoms with Crippen molar-refractivity contribution in [1.29, 1.82) is 0 Å². The van der Waals surface area contributed by atoms with E-state index in [4.69, 9.17) is 0 Å². The van der Waals surface area contributed by atoms with Gasteiger partial charge in [-0.05, 0) is 54.0 Å². The number of nitrogens with one attached hydrogen (secondary N) is 1. The second kappa shape index (κ2) is 9.95. The molecule has 0 aromatic heterocycles. The molecule has 3 nitrogen and oxygen atoms in total. The zero-order valence-electron chi connectivity index (χ0n) is 17.4. The maximum Gasteiger partial charge on any atom is 0.238 e. The molecular weight excluding hydrogens is 352 g/mol. The number of para-hydroxylation sites is 1. The van der Waals surface area contributed by atoms with Crippen molar-refractivity contribution in [2.45, 2.75) is 51.0 Å². The van der Waals surface area contributed by atoms with Crippen molar-refractivity contribution in [2.24, 2.45) is 0 Å². The molecule has 0 aliphatic rings. The molecule has 0 unspecified atom stereocenters. The van der Waals surface area contributed by atoms with Crippen LogP contribution in [0.3, 0.4) is 0 Å². The smallest absolute Gasteiger partial charge is 0.238 e. The normalized spacial score (nSPS) is 11.4. The highest BCUT2D eigenvalue weighted by atomic mass is 32.2. The van der Waals surface area contributed by atoms with Gasteiger partial charge in [-0.15, -0.1) is 11.8 Å². The van der Waals surface area contributed by atoms with Gasteiger partial charge in [-0.1, -0.05) is 58.0 Å². The molecule has 2 aromatic rings. The second-order valence-corrected chi connectivity index (χ2v) is 8.57. The van der Waals surface area contributed by atoms with E-state index in [1.807, 2.05) is 7.05 Å². The number of rotatable bonds is 8.